The van der Waals surface area contributed by atoms with Crippen LogP contribution in [0.1, 0.15) is 47.5 Å². The van der Waals surface area contributed by atoms with Gasteiger partial charge in [0, 0.05) is 12.7 Å². The smallest absolute Gasteiger partial charge is 0.333 e. The fraction of sp³-hybridized carbons (Fsp3) is 0.688. The molecule has 0 aliphatic heterocycles. The van der Waals surface area contributed by atoms with E-state index in [9.17, 15) is 9.59 Å². The van der Waals surface area contributed by atoms with Gasteiger partial charge in [-0.25, -0.2) is 4.79 Å². The van der Waals surface area contributed by atoms with Crippen molar-refractivity contribution in [3.8, 4) is 0 Å². The number of nitrogens with zero attached hydrogens (tertiary/aromatic N) is 2. The summed E-state index contributed by atoms with van der Waals surface area (Å²) in [6.07, 6.45) is 4.47. The Balaban J connectivity index is 0.00000529. The lowest BCUT2D eigenvalue weighted by Crippen LogP contribution is -2.41. The molecule has 0 spiro atoms. The average molecular weight is 361 g/mol. The van der Waals surface area contributed by atoms with Crippen molar-refractivity contribution in [1.29, 1.82) is 0 Å². The van der Waals surface area contributed by atoms with Crippen molar-refractivity contribution in [3.63, 3.8) is 0 Å². The highest BCUT2D eigenvalue weighted by Gasteiger charge is 2.35. The molecular formula is C16H29ClN4O3. The van der Waals surface area contributed by atoms with Crippen molar-refractivity contribution < 1.29 is 14.3 Å². The number of rotatable bonds is 8. The van der Waals surface area contributed by atoms with Crippen LogP contribution in [0.5, 0.6) is 0 Å². The van der Waals surface area contributed by atoms with Crippen molar-refractivity contribution in [3.05, 3.63) is 12.4 Å². The van der Waals surface area contributed by atoms with Gasteiger partial charge in [-0.15, -0.1) is 12.4 Å². The quantitative estimate of drug-likeness (QED) is 0.693. The Kier molecular flexibility index (Phi) is 8.43. The van der Waals surface area contributed by atoms with E-state index in [4.69, 9.17) is 10.5 Å². The fourth-order valence-electron chi connectivity index (χ4n) is 2.31. The number of anilines is 1. The minimum atomic E-state index is -0.945. The zero-order valence-electron chi connectivity index (χ0n) is 15.1. The van der Waals surface area contributed by atoms with Crippen LogP contribution in [0.15, 0.2) is 12.4 Å². The Bertz CT molecular complexity index is 545. The summed E-state index contributed by atoms with van der Waals surface area (Å²) in [5.74, 6) is -0.502. The van der Waals surface area contributed by atoms with Gasteiger partial charge in [-0.05, 0) is 33.6 Å². The SMILES string of the molecule is CCOC(=O)C(C)(C)n1cc(NC(=O)C(CC)(CC)CN)cn1.Cl. The molecule has 0 aliphatic carbocycles. The van der Waals surface area contributed by atoms with Gasteiger partial charge in [0.25, 0.3) is 0 Å². The van der Waals surface area contributed by atoms with Gasteiger partial charge in [0.15, 0.2) is 5.54 Å². The molecule has 138 valence electrons. The van der Waals surface area contributed by atoms with E-state index >= 15 is 0 Å². The molecule has 1 rings (SSSR count). The van der Waals surface area contributed by atoms with Gasteiger partial charge >= 0.3 is 5.97 Å². The summed E-state index contributed by atoms with van der Waals surface area (Å²) < 4.78 is 6.54. The second-order valence-electron chi connectivity index (χ2n) is 6.10. The summed E-state index contributed by atoms with van der Waals surface area (Å²) >= 11 is 0. The Morgan fingerprint density at radius 1 is 1.29 bits per heavy atom. The third-order valence-electron chi connectivity index (χ3n) is 4.41. The summed E-state index contributed by atoms with van der Waals surface area (Å²) in [5, 5.41) is 7.02. The number of esters is 1. The highest BCUT2D eigenvalue weighted by atomic mass is 35.5. The van der Waals surface area contributed by atoms with Crippen LogP contribution >= 0.6 is 12.4 Å². The number of carbonyl (C=O) groups excluding carboxylic acids is 2. The van der Waals surface area contributed by atoms with Gasteiger partial charge in [-0.3, -0.25) is 9.48 Å². The van der Waals surface area contributed by atoms with Crippen LogP contribution in [0.2, 0.25) is 0 Å². The van der Waals surface area contributed by atoms with Gasteiger partial charge in [0.05, 0.1) is 23.9 Å². The molecule has 0 radical (unpaired) electrons. The number of amides is 1. The van der Waals surface area contributed by atoms with Crippen LogP contribution in [0, 0.1) is 5.41 Å². The van der Waals surface area contributed by atoms with Gasteiger partial charge < -0.3 is 15.8 Å². The number of nitrogens with two attached hydrogens (primary N) is 1. The molecule has 8 heteroatoms. The molecule has 0 atom stereocenters. The molecule has 7 nitrogen and oxygen atoms in total. The lowest BCUT2D eigenvalue weighted by atomic mass is 9.81. The first-order valence-electron chi connectivity index (χ1n) is 8.01. The highest BCUT2D eigenvalue weighted by Crippen LogP contribution is 2.27. The number of carbonyl (C=O) groups is 2. The molecule has 0 bridgehead atoms. The van der Waals surface area contributed by atoms with E-state index in [0.29, 0.717) is 25.1 Å². The average Bonchev–Trinajstić information content (AvgIpc) is 2.99. The number of halogens is 1. The number of nitrogens with one attached hydrogen (secondary N) is 1. The molecule has 3 N–H and O–H groups in total. The summed E-state index contributed by atoms with van der Waals surface area (Å²) in [5.41, 5.74) is 4.79. The monoisotopic (exact) mass is 360 g/mol. The first-order valence-corrected chi connectivity index (χ1v) is 8.01. The number of hydrogen-bond donors (Lipinski definition) is 2. The van der Waals surface area contributed by atoms with Gasteiger partial charge in [-0.1, -0.05) is 13.8 Å². The maximum atomic E-state index is 12.5. The predicted octanol–water partition coefficient (Wildman–Crippen LogP) is 2.31. The normalized spacial score (nSPS) is 11.6. The molecule has 24 heavy (non-hydrogen) atoms. The predicted molar refractivity (Wildman–Crippen MR) is 96.1 cm³/mol. The van der Waals surface area contributed by atoms with Gasteiger partial charge in [0.2, 0.25) is 5.91 Å². The molecule has 0 aliphatic rings. The summed E-state index contributed by atoms with van der Waals surface area (Å²) in [7, 11) is 0. The molecule has 1 heterocycles. The van der Waals surface area contributed by atoms with Crippen LogP contribution in [-0.4, -0.2) is 34.8 Å². The summed E-state index contributed by atoms with van der Waals surface area (Å²) in [6, 6.07) is 0. The Morgan fingerprint density at radius 3 is 2.33 bits per heavy atom. The minimum Gasteiger partial charge on any atom is -0.464 e. The van der Waals surface area contributed by atoms with E-state index in [1.165, 1.54) is 10.9 Å². The van der Waals surface area contributed by atoms with Crippen molar-refractivity contribution in [2.75, 3.05) is 18.5 Å². The largest absolute Gasteiger partial charge is 0.464 e. The third-order valence-corrected chi connectivity index (χ3v) is 4.41. The molecule has 1 aromatic rings. The molecule has 0 unspecified atom stereocenters. The topological polar surface area (TPSA) is 99.2 Å². The maximum Gasteiger partial charge on any atom is 0.333 e. The Morgan fingerprint density at radius 2 is 1.88 bits per heavy atom. The van der Waals surface area contributed by atoms with Crippen LogP contribution in [-0.2, 0) is 19.9 Å². The van der Waals surface area contributed by atoms with E-state index in [2.05, 4.69) is 10.4 Å². The van der Waals surface area contributed by atoms with Crippen LogP contribution < -0.4 is 11.1 Å². The summed E-state index contributed by atoms with van der Waals surface area (Å²) in [4.78, 5) is 24.5. The van der Waals surface area contributed by atoms with E-state index in [1.807, 2.05) is 13.8 Å². The highest BCUT2D eigenvalue weighted by molar-refractivity contribution is 5.95. The zero-order valence-corrected chi connectivity index (χ0v) is 15.9. The van der Waals surface area contributed by atoms with Gasteiger partial charge in [-0.2, -0.15) is 5.10 Å². The van der Waals surface area contributed by atoms with Crippen molar-refractivity contribution in [1.82, 2.24) is 9.78 Å². The summed E-state index contributed by atoms with van der Waals surface area (Å²) in [6.45, 7) is 9.67. The molecule has 0 fully saturated rings. The van der Waals surface area contributed by atoms with E-state index in [0.717, 1.165) is 0 Å². The number of aromatic nitrogens is 2. The Hall–Kier alpha value is -1.60. The van der Waals surface area contributed by atoms with E-state index in [1.54, 1.807) is 27.0 Å². The van der Waals surface area contributed by atoms with E-state index < -0.39 is 11.0 Å². The van der Waals surface area contributed by atoms with Crippen LogP contribution in [0.4, 0.5) is 5.69 Å². The fourth-order valence-corrected chi connectivity index (χ4v) is 2.31. The second-order valence-corrected chi connectivity index (χ2v) is 6.10. The standard InChI is InChI=1S/C16H28N4O3.ClH/c1-6-16(7-2,11-17)13(21)19-12-9-18-20(10-12)15(4,5)14(22)23-8-3;/h9-10H,6-8,11,17H2,1-5H3,(H,19,21);1H. The molecule has 0 saturated heterocycles. The molecule has 0 saturated carbocycles. The van der Waals surface area contributed by atoms with E-state index in [-0.39, 0.29) is 30.8 Å². The molecule has 0 aromatic carbocycles. The van der Waals surface area contributed by atoms with Crippen molar-refractivity contribution in [2.24, 2.45) is 11.1 Å². The molecule has 1 amide bonds. The second kappa shape index (κ2) is 9.03. The van der Waals surface area contributed by atoms with Crippen LogP contribution in [0.3, 0.4) is 0 Å². The Labute approximate surface area is 149 Å². The number of ether oxygens (including phenoxy) is 1. The van der Waals surface area contributed by atoms with Crippen molar-refractivity contribution >= 4 is 30.0 Å². The van der Waals surface area contributed by atoms with Crippen LogP contribution in [0.25, 0.3) is 0 Å². The number of hydrogen-bond acceptors (Lipinski definition) is 5. The first-order chi connectivity index (χ1) is 10.8. The molecular weight excluding hydrogens is 332 g/mol. The first kappa shape index (κ1) is 22.4. The zero-order chi connectivity index (χ0) is 17.7. The third kappa shape index (κ3) is 4.48. The minimum absolute atomic E-state index is 0. The molecule has 1 aromatic heterocycles. The van der Waals surface area contributed by atoms with Crippen molar-refractivity contribution in [2.45, 2.75) is 53.0 Å². The maximum absolute atomic E-state index is 12.5. The lowest BCUT2D eigenvalue weighted by Gasteiger charge is -2.28. The van der Waals surface area contributed by atoms with Gasteiger partial charge in [0.1, 0.15) is 0 Å². The lowest BCUT2D eigenvalue weighted by molar-refractivity contribution is -0.152.